The Balaban J connectivity index is 1.31. The maximum Gasteiger partial charge on any atom is 0.313 e. The highest BCUT2D eigenvalue weighted by atomic mass is 16.7. The summed E-state index contributed by atoms with van der Waals surface area (Å²) in [6, 6.07) is 14.4. The average Bonchev–Trinajstić information content (AvgIpc) is 3.38. The molecule has 7 heteroatoms. The molecule has 0 saturated carbocycles. The van der Waals surface area contributed by atoms with Crippen molar-refractivity contribution in [2.75, 3.05) is 12.1 Å². The van der Waals surface area contributed by atoms with Crippen LogP contribution in [0.15, 0.2) is 65.5 Å². The van der Waals surface area contributed by atoms with Crippen LogP contribution >= 0.6 is 0 Å². The van der Waals surface area contributed by atoms with Crippen molar-refractivity contribution in [3.05, 3.63) is 66.6 Å². The molecule has 4 rings (SSSR count). The second-order valence-electron chi connectivity index (χ2n) is 5.91. The number of ether oxygens (including phenoxy) is 2. The third kappa shape index (κ3) is 3.77. The zero-order valence-electron chi connectivity index (χ0n) is 14.2. The molecule has 0 fully saturated rings. The van der Waals surface area contributed by atoms with Gasteiger partial charge in [-0.2, -0.15) is 0 Å². The molecule has 3 aromatic rings. The first-order valence-corrected chi connectivity index (χ1v) is 8.29. The number of hydrogen-bond acceptors (Lipinski definition) is 5. The van der Waals surface area contributed by atoms with Crippen molar-refractivity contribution >= 4 is 17.5 Å². The Bertz CT molecular complexity index is 965. The van der Waals surface area contributed by atoms with E-state index in [2.05, 4.69) is 10.6 Å². The first kappa shape index (κ1) is 16.7. The van der Waals surface area contributed by atoms with Crippen LogP contribution in [0.25, 0.3) is 11.1 Å². The van der Waals surface area contributed by atoms with Gasteiger partial charge in [-0.15, -0.1) is 0 Å². The number of carbonyl (C=O) groups excluding carboxylic acids is 2. The first-order valence-electron chi connectivity index (χ1n) is 8.29. The maximum atomic E-state index is 12.0. The molecule has 0 spiro atoms. The standard InChI is InChI=1S/C20H16N2O5/c23-19(20(24)22-16-5-6-17-18(9-16)27-12-26-17)21-10-13-1-3-14(4-2-13)15-7-8-25-11-15/h1-9,11H,10,12H2,(H,21,23)(H,22,24). The minimum atomic E-state index is -0.746. The summed E-state index contributed by atoms with van der Waals surface area (Å²) in [6.45, 7) is 0.395. The molecule has 136 valence electrons. The van der Waals surface area contributed by atoms with E-state index in [0.29, 0.717) is 17.2 Å². The average molecular weight is 364 g/mol. The van der Waals surface area contributed by atoms with Gasteiger partial charge in [-0.3, -0.25) is 9.59 Å². The Labute approximate surface area is 154 Å². The molecule has 0 bridgehead atoms. The number of anilines is 1. The van der Waals surface area contributed by atoms with E-state index in [1.165, 1.54) is 0 Å². The maximum absolute atomic E-state index is 12.0. The van der Waals surface area contributed by atoms with Gasteiger partial charge < -0.3 is 24.5 Å². The van der Waals surface area contributed by atoms with Gasteiger partial charge in [0.25, 0.3) is 0 Å². The number of hydrogen-bond donors (Lipinski definition) is 2. The summed E-state index contributed by atoms with van der Waals surface area (Å²) < 4.78 is 15.5. The van der Waals surface area contributed by atoms with E-state index in [9.17, 15) is 9.59 Å². The number of furan rings is 1. The second kappa shape index (κ2) is 7.25. The third-order valence-electron chi connectivity index (χ3n) is 4.10. The molecule has 0 radical (unpaired) electrons. The molecule has 1 aliphatic rings. The summed E-state index contributed by atoms with van der Waals surface area (Å²) in [6.07, 6.45) is 3.28. The molecule has 2 heterocycles. The zero-order valence-corrected chi connectivity index (χ0v) is 14.2. The van der Waals surface area contributed by atoms with E-state index in [-0.39, 0.29) is 13.3 Å². The van der Waals surface area contributed by atoms with Crippen molar-refractivity contribution in [3.8, 4) is 22.6 Å². The Hall–Kier alpha value is -3.74. The van der Waals surface area contributed by atoms with Gasteiger partial charge in [0.2, 0.25) is 6.79 Å². The van der Waals surface area contributed by atoms with Crippen LogP contribution in [0.1, 0.15) is 5.56 Å². The van der Waals surface area contributed by atoms with Crippen molar-refractivity contribution in [1.29, 1.82) is 0 Å². The highest BCUT2D eigenvalue weighted by molar-refractivity contribution is 6.39. The fourth-order valence-corrected chi connectivity index (χ4v) is 2.67. The predicted molar refractivity (Wildman–Crippen MR) is 97.2 cm³/mol. The van der Waals surface area contributed by atoms with Crippen molar-refractivity contribution in [3.63, 3.8) is 0 Å². The second-order valence-corrected chi connectivity index (χ2v) is 5.91. The minimum Gasteiger partial charge on any atom is -0.472 e. The van der Waals surface area contributed by atoms with Crippen LogP contribution in [0.4, 0.5) is 5.69 Å². The Morgan fingerprint density at radius 3 is 2.48 bits per heavy atom. The summed E-state index contributed by atoms with van der Waals surface area (Å²) in [4.78, 5) is 24.1. The number of fused-ring (bicyclic) bond motifs is 1. The minimum absolute atomic E-state index is 0.145. The number of rotatable bonds is 4. The van der Waals surface area contributed by atoms with E-state index >= 15 is 0 Å². The predicted octanol–water partition coefficient (Wildman–Crippen LogP) is 2.93. The van der Waals surface area contributed by atoms with Gasteiger partial charge in [0.05, 0.1) is 12.5 Å². The van der Waals surface area contributed by atoms with Crippen LogP contribution in [0.5, 0.6) is 11.5 Å². The van der Waals surface area contributed by atoms with E-state index in [1.54, 1.807) is 30.7 Å². The number of carbonyl (C=O) groups is 2. The Kier molecular flexibility index (Phi) is 4.49. The summed E-state index contributed by atoms with van der Waals surface area (Å²) in [5.41, 5.74) is 3.34. The lowest BCUT2D eigenvalue weighted by atomic mass is 10.1. The quantitative estimate of drug-likeness (QED) is 0.695. The van der Waals surface area contributed by atoms with Crippen LogP contribution in [-0.4, -0.2) is 18.6 Å². The number of amides is 2. The van der Waals surface area contributed by atoms with Crippen molar-refractivity contribution in [2.24, 2.45) is 0 Å². The summed E-state index contributed by atoms with van der Waals surface area (Å²) in [5, 5.41) is 5.14. The molecule has 0 saturated heterocycles. The van der Waals surface area contributed by atoms with Gasteiger partial charge in [0, 0.05) is 23.9 Å². The van der Waals surface area contributed by atoms with Gasteiger partial charge in [0.15, 0.2) is 11.5 Å². The van der Waals surface area contributed by atoms with Crippen LogP contribution in [-0.2, 0) is 16.1 Å². The molecule has 0 unspecified atom stereocenters. The summed E-state index contributed by atoms with van der Waals surface area (Å²) >= 11 is 0. The molecule has 0 atom stereocenters. The Morgan fingerprint density at radius 2 is 1.70 bits per heavy atom. The van der Waals surface area contributed by atoms with Crippen molar-refractivity contribution in [2.45, 2.75) is 6.54 Å². The molecular weight excluding hydrogens is 348 g/mol. The first-order chi connectivity index (χ1) is 13.2. The van der Waals surface area contributed by atoms with Crippen LogP contribution in [0, 0.1) is 0 Å². The molecule has 1 aromatic heterocycles. The molecule has 2 N–H and O–H groups in total. The fourth-order valence-electron chi connectivity index (χ4n) is 2.67. The normalized spacial score (nSPS) is 11.9. The lowest BCUT2D eigenvalue weighted by Crippen LogP contribution is -2.34. The van der Waals surface area contributed by atoms with E-state index in [4.69, 9.17) is 13.9 Å². The van der Waals surface area contributed by atoms with E-state index in [0.717, 1.165) is 16.7 Å². The van der Waals surface area contributed by atoms with Gasteiger partial charge >= 0.3 is 11.8 Å². The van der Waals surface area contributed by atoms with Gasteiger partial charge in [-0.05, 0) is 29.3 Å². The summed E-state index contributed by atoms with van der Waals surface area (Å²) in [7, 11) is 0. The highest BCUT2D eigenvalue weighted by Crippen LogP contribution is 2.34. The molecule has 7 nitrogen and oxygen atoms in total. The van der Waals surface area contributed by atoms with Gasteiger partial charge in [0.1, 0.15) is 0 Å². The van der Waals surface area contributed by atoms with Crippen LogP contribution < -0.4 is 20.1 Å². The Morgan fingerprint density at radius 1 is 0.889 bits per heavy atom. The SMILES string of the molecule is O=C(NCc1ccc(-c2ccoc2)cc1)C(=O)Nc1ccc2c(c1)OCO2. The molecule has 2 amide bonds. The topological polar surface area (TPSA) is 89.8 Å². The fraction of sp³-hybridized carbons (Fsp3) is 0.100. The highest BCUT2D eigenvalue weighted by Gasteiger charge is 2.17. The number of nitrogens with one attached hydrogen (secondary N) is 2. The zero-order chi connectivity index (χ0) is 18.6. The molecular formula is C20H16N2O5. The number of benzene rings is 2. The molecule has 27 heavy (non-hydrogen) atoms. The van der Waals surface area contributed by atoms with Crippen LogP contribution in [0.3, 0.4) is 0 Å². The van der Waals surface area contributed by atoms with Crippen LogP contribution in [0.2, 0.25) is 0 Å². The van der Waals surface area contributed by atoms with Gasteiger partial charge in [-0.1, -0.05) is 24.3 Å². The monoisotopic (exact) mass is 364 g/mol. The smallest absolute Gasteiger partial charge is 0.313 e. The molecule has 2 aromatic carbocycles. The van der Waals surface area contributed by atoms with Crippen molar-refractivity contribution in [1.82, 2.24) is 5.32 Å². The van der Waals surface area contributed by atoms with E-state index in [1.807, 2.05) is 30.3 Å². The summed E-state index contributed by atoms with van der Waals surface area (Å²) in [5.74, 6) is -0.322. The third-order valence-corrected chi connectivity index (χ3v) is 4.10. The van der Waals surface area contributed by atoms with E-state index < -0.39 is 11.8 Å². The van der Waals surface area contributed by atoms with Crippen molar-refractivity contribution < 1.29 is 23.5 Å². The lowest BCUT2D eigenvalue weighted by Gasteiger charge is -2.08. The molecule has 0 aliphatic carbocycles. The van der Waals surface area contributed by atoms with Gasteiger partial charge in [-0.25, -0.2) is 0 Å². The molecule has 1 aliphatic heterocycles. The largest absolute Gasteiger partial charge is 0.472 e. The lowest BCUT2D eigenvalue weighted by molar-refractivity contribution is -0.136.